The first-order valence-corrected chi connectivity index (χ1v) is 8.35. The summed E-state index contributed by atoms with van der Waals surface area (Å²) in [5.41, 5.74) is 2.58. The van der Waals surface area contributed by atoms with Crippen molar-refractivity contribution in [2.24, 2.45) is 5.92 Å². The van der Waals surface area contributed by atoms with E-state index in [1.165, 1.54) is 56.2 Å². The van der Waals surface area contributed by atoms with Gasteiger partial charge in [0.2, 0.25) is 0 Å². The topological polar surface area (TPSA) is 37.9 Å². The summed E-state index contributed by atoms with van der Waals surface area (Å²) in [5.74, 6) is 1.55. The summed E-state index contributed by atoms with van der Waals surface area (Å²) in [4.78, 5) is 8.22. The van der Waals surface area contributed by atoms with Crippen LogP contribution in [0.3, 0.4) is 0 Å². The fourth-order valence-electron chi connectivity index (χ4n) is 3.74. The third kappa shape index (κ3) is 2.82. The first kappa shape index (κ1) is 14.2. The average molecular weight is 292 g/mol. The van der Waals surface area contributed by atoms with Crippen LogP contribution in [0.2, 0.25) is 0 Å². The summed E-state index contributed by atoms with van der Waals surface area (Å²) >= 11 is 5.51. The molecule has 0 amide bonds. The van der Waals surface area contributed by atoms with Crippen LogP contribution in [-0.2, 0) is 17.6 Å². The van der Waals surface area contributed by atoms with E-state index in [9.17, 15) is 0 Å². The highest BCUT2D eigenvalue weighted by Gasteiger charge is 2.27. The van der Waals surface area contributed by atoms with Crippen molar-refractivity contribution in [3.05, 3.63) is 21.7 Å². The number of aromatic amines is 1. The first-order chi connectivity index (χ1) is 9.79. The van der Waals surface area contributed by atoms with E-state index in [2.05, 4.69) is 9.97 Å². The second-order valence-electron chi connectivity index (χ2n) is 6.15. The summed E-state index contributed by atoms with van der Waals surface area (Å²) in [5, 5.41) is 0. The van der Waals surface area contributed by atoms with Crippen LogP contribution < -0.4 is 0 Å². The molecule has 1 heterocycles. The van der Waals surface area contributed by atoms with Crippen molar-refractivity contribution in [2.45, 2.75) is 63.9 Å². The van der Waals surface area contributed by atoms with Crippen LogP contribution in [0.4, 0.5) is 0 Å². The Labute approximate surface area is 126 Å². The number of ether oxygens (including phenoxy) is 1. The predicted molar refractivity (Wildman–Crippen MR) is 82.4 cm³/mol. The highest BCUT2D eigenvalue weighted by Crippen LogP contribution is 2.35. The number of aromatic nitrogens is 2. The molecule has 110 valence electrons. The third-order valence-corrected chi connectivity index (χ3v) is 5.17. The number of hydrogen-bond acceptors (Lipinski definition) is 3. The summed E-state index contributed by atoms with van der Waals surface area (Å²) in [7, 11) is 1.80. The largest absolute Gasteiger partial charge is 0.373 e. The van der Waals surface area contributed by atoms with Crippen LogP contribution in [0.1, 0.15) is 68.1 Å². The van der Waals surface area contributed by atoms with Crippen molar-refractivity contribution in [3.63, 3.8) is 0 Å². The molecular weight excluding hydrogens is 268 g/mol. The number of fused-ring (bicyclic) bond motifs is 1. The molecule has 0 saturated heterocycles. The van der Waals surface area contributed by atoms with Gasteiger partial charge in [0.05, 0.1) is 0 Å². The van der Waals surface area contributed by atoms with Crippen LogP contribution in [0, 0.1) is 10.6 Å². The van der Waals surface area contributed by atoms with Crippen LogP contribution in [0.15, 0.2) is 0 Å². The minimum atomic E-state index is 0.0872. The minimum Gasteiger partial charge on any atom is -0.373 e. The molecule has 4 heteroatoms. The SMILES string of the molecule is COC(c1nc(=S)c2c([nH]1)CCCC2)C1CCCCC1. The fourth-order valence-corrected chi connectivity index (χ4v) is 4.06. The molecule has 2 aliphatic rings. The molecule has 3 rings (SSSR count). The van der Waals surface area contributed by atoms with Gasteiger partial charge in [-0.2, -0.15) is 0 Å². The molecule has 0 aromatic carbocycles. The second-order valence-corrected chi connectivity index (χ2v) is 6.53. The molecule has 1 aromatic rings. The van der Waals surface area contributed by atoms with Crippen LogP contribution in [0.5, 0.6) is 0 Å². The van der Waals surface area contributed by atoms with Gasteiger partial charge in [-0.15, -0.1) is 0 Å². The second kappa shape index (κ2) is 6.35. The minimum absolute atomic E-state index is 0.0872. The lowest BCUT2D eigenvalue weighted by molar-refractivity contribution is 0.0286. The van der Waals surface area contributed by atoms with E-state index in [-0.39, 0.29) is 6.10 Å². The Morgan fingerprint density at radius 1 is 1.15 bits per heavy atom. The number of aryl methyl sites for hydroxylation is 1. The van der Waals surface area contributed by atoms with E-state index in [1.807, 2.05) is 0 Å². The van der Waals surface area contributed by atoms with Crippen molar-refractivity contribution in [2.75, 3.05) is 7.11 Å². The van der Waals surface area contributed by atoms with Gasteiger partial charge in [0.15, 0.2) is 0 Å². The van der Waals surface area contributed by atoms with Gasteiger partial charge < -0.3 is 9.72 Å². The first-order valence-electron chi connectivity index (χ1n) is 7.94. The lowest BCUT2D eigenvalue weighted by atomic mass is 9.84. The molecule has 3 nitrogen and oxygen atoms in total. The number of methoxy groups -OCH3 is 1. The molecule has 1 saturated carbocycles. The summed E-state index contributed by atoms with van der Waals surface area (Å²) < 4.78 is 6.58. The Kier molecular flexibility index (Phi) is 4.51. The fraction of sp³-hybridized carbons (Fsp3) is 0.750. The number of hydrogen-bond donors (Lipinski definition) is 1. The molecule has 1 aromatic heterocycles. The molecule has 0 bridgehead atoms. The van der Waals surface area contributed by atoms with Gasteiger partial charge in [0.1, 0.15) is 16.6 Å². The van der Waals surface area contributed by atoms with Gasteiger partial charge in [-0.05, 0) is 44.4 Å². The number of H-pyrrole nitrogens is 1. The van der Waals surface area contributed by atoms with Gasteiger partial charge in [0.25, 0.3) is 0 Å². The van der Waals surface area contributed by atoms with Crippen LogP contribution >= 0.6 is 12.2 Å². The molecule has 2 aliphatic carbocycles. The zero-order valence-electron chi connectivity index (χ0n) is 12.3. The molecule has 0 radical (unpaired) electrons. The molecule has 1 fully saturated rings. The van der Waals surface area contributed by atoms with E-state index in [1.54, 1.807) is 7.11 Å². The molecule has 20 heavy (non-hydrogen) atoms. The highest BCUT2D eigenvalue weighted by atomic mass is 32.1. The van der Waals surface area contributed by atoms with Crippen LogP contribution in [0.25, 0.3) is 0 Å². The molecule has 0 aliphatic heterocycles. The summed E-state index contributed by atoms with van der Waals surface area (Å²) in [6, 6.07) is 0. The molecular formula is C16H24N2OS. The van der Waals surface area contributed by atoms with Crippen LogP contribution in [-0.4, -0.2) is 17.1 Å². The van der Waals surface area contributed by atoms with E-state index in [0.29, 0.717) is 5.92 Å². The normalized spacial score (nSPS) is 21.4. The maximum atomic E-state index is 5.78. The summed E-state index contributed by atoms with van der Waals surface area (Å²) in [6.07, 6.45) is 11.3. The Morgan fingerprint density at radius 3 is 2.65 bits per heavy atom. The van der Waals surface area contributed by atoms with E-state index in [0.717, 1.165) is 23.3 Å². The highest BCUT2D eigenvalue weighted by molar-refractivity contribution is 7.71. The Bertz CT molecular complexity index is 520. The third-order valence-electron chi connectivity index (χ3n) is 4.83. The number of rotatable bonds is 3. The van der Waals surface area contributed by atoms with Gasteiger partial charge in [-0.3, -0.25) is 0 Å². The zero-order valence-corrected chi connectivity index (χ0v) is 13.1. The molecule has 0 spiro atoms. The lowest BCUT2D eigenvalue weighted by Gasteiger charge is -2.29. The van der Waals surface area contributed by atoms with E-state index >= 15 is 0 Å². The molecule has 1 N–H and O–H groups in total. The maximum absolute atomic E-state index is 5.78. The molecule has 1 atom stereocenters. The van der Waals surface area contributed by atoms with Crippen molar-refractivity contribution in [1.29, 1.82) is 0 Å². The number of nitrogens with zero attached hydrogens (tertiary/aromatic N) is 1. The zero-order chi connectivity index (χ0) is 13.9. The smallest absolute Gasteiger partial charge is 0.137 e. The Hall–Kier alpha value is -0.740. The van der Waals surface area contributed by atoms with E-state index in [4.69, 9.17) is 17.0 Å². The van der Waals surface area contributed by atoms with Crippen molar-refractivity contribution >= 4 is 12.2 Å². The van der Waals surface area contributed by atoms with Crippen molar-refractivity contribution < 1.29 is 4.74 Å². The Morgan fingerprint density at radius 2 is 1.90 bits per heavy atom. The predicted octanol–water partition coefficient (Wildman–Crippen LogP) is 4.29. The lowest BCUT2D eigenvalue weighted by Crippen LogP contribution is -2.22. The average Bonchev–Trinajstić information content (AvgIpc) is 2.49. The number of nitrogens with one attached hydrogen (secondary N) is 1. The standard InChI is InChI=1S/C16H24N2OS/c1-19-14(11-7-3-2-4-8-11)15-17-13-10-6-5-9-12(13)16(20)18-15/h11,14H,2-10H2,1H3,(H,17,18,20). The van der Waals surface area contributed by atoms with Gasteiger partial charge >= 0.3 is 0 Å². The summed E-state index contributed by atoms with van der Waals surface area (Å²) in [6.45, 7) is 0. The van der Waals surface area contributed by atoms with E-state index < -0.39 is 0 Å². The molecule has 1 unspecified atom stereocenters. The monoisotopic (exact) mass is 292 g/mol. The Balaban J connectivity index is 1.91. The van der Waals surface area contributed by atoms with Crippen molar-refractivity contribution in [1.82, 2.24) is 9.97 Å². The van der Waals surface area contributed by atoms with Crippen molar-refractivity contribution in [3.8, 4) is 0 Å². The van der Waals surface area contributed by atoms with Gasteiger partial charge in [-0.25, -0.2) is 4.98 Å². The quantitative estimate of drug-likeness (QED) is 0.845. The maximum Gasteiger partial charge on any atom is 0.137 e. The van der Waals surface area contributed by atoms with Gasteiger partial charge in [-0.1, -0.05) is 31.5 Å². The van der Waals surface area contributed by atoms with Gasteiger partial charge in [0, 0.05) is 18.4 Å².